The second kappa shape index (κ2) is 20.2. The van der Waals surface area contributed by atoms with Crippen molar-refractivity contribution in [2.24, 2.45) is 11.3 Å². The predicted molar refractivity (Wildman–Crippen MR) is 277 cm³/mol. The van der Waals surface area contributed by atoms with E-state index >= 15 is 0 Å². The Morgan fingerprint density at radius 1 is 0.930 bits per heavy atom. The van der Waals surface area contributed by atoms with E-state index in [0.29, 0.717) is 54.8 Å². The molecule has 71 heavy (non-hydrogen) atoms. The average Bonchev–Trinajstić information content (AvgIpc) is 3.83. The van der Waals surface area contributed by atoms with Crippen molar-refractivity contribution in [2.45, 2.75) is 139 Å². The molecule has 1 amide bonds. The Kier molecular flexibility index (Phi) is 13.9. The maximum absolute atomic E-state index is 14.1. The molecule has 3 saturated carbocycles. The van der Waals surface area contributed by atoms with Gasteiger partial charge in [0.05, 0.1) is 27.2 Å². The zero-order valence-corrected chi connectivity index (χ0v) is 42.3. The molecule has 1 spiro atoms. The second-order valence-corrected chi connectivity index (χ2v) is 23.6. The van der Waals surface area contributed by atoms with E-state index in [1.54, 1.807) is 30.6 Å². The van der Waals surface area contributed by atoms with Crippen LogP contribution in [-0.2, 0) is 10.0 Å². The number of aromatic nitrogens is 2. The van der Waals surface area contributed by atoms with Gasteiger partial charge in [-0.3, -0.25) is 24.7 Å². The summed E-state index contributed by atoms with van der Waals surface area (Å²) in [6, 6.07) is 23.3. The van der Waals surface area contributed by atoms with Gasteiger partial charge < -0.3 is 25.0 Å². The largest absolute Gasteiger partial charge is 0.455 e. The maximum atomic E-state index is 14.1. The predicted octanol–water partition coefficient (Wildman–Crippen LogP) is 10.3. The van der Waals surface area contributed by atoms with Crippen molar-refractivity contribution < 1.29 is 28.0 Å². The lowest BCUT2D eigenvalue weighted by Crippen LogP contribution is -2.61. The third-order valence-corrected chi connectivity index (χ3v) is 18.1. The molecule has 5 aliphatic rings. The lowest BCUT2D eigenvalue weighted by atomic mass is 9.59. The summed E-state index contributed by atoms with van der Waals surface area (Å²) < 4.78 is 36.2. The number of hydrogen-bond donors (Lipinski definition) is 4. The highest BCUT2D eigenvalue weighted by Crippen LogP contribution is 2.54. The van der Waals surface area contributed by atoms with Crippen LogP contribution < -0.4 is 19.7 Å². The third-order valence-electron chi connectivity index (χ3n) is 16.8. The van der Waals surface area contributed by atoms with Crippen molar-refractivity contribution in [3.63, 3.8) is 0 Å². The second-order valence-electron chi connectivity index (χ2n) is 21.9. The number of amides is 1. The van der Waals surface area contributed by atoms with Crippen LogP contribution in [0.4, 0.5) is 17.1 Å². The Morgan fingerprint density at radius 2 is 1.69 bits per heavy atom. The van der Waals surface area contributed by atoms with Crippen LogP contribution in [0.2, 0.25) is 0 Å². The monoisotopic (exact) mass is 987 g/mol. The third kappa shape index (κ3) is 10.7. The quantitative estimate of drug-likeness (QED) is 0.0610. The first-order chi connectivity index (χ1) is 34.1. The number of piperidine rings is 1. The summed E-state index contributed by atoms with van der Waals surface area (Å²) in [6.45, 7) is 11.9. The number of carbonyl (C=O) groups is 1. The van der Waals surface area contributed by atoms with E-state index < -0.39 is 37.0 Å². The minimum atomic E-state index is -4.57. The summed E-state index contributed by atoms with van der Waals surface area (Å²) in [4.78, 5) is 40.8. The van der Waals surface area contributed by atoms with Gasteiger partial charge in [0.2, 0.25) is 0 Å². The van der Waals surface area contributed by atoms with Gasteiger partial charge in [-0.2, -0.15) is 0 Å². The van der Waals surface area contributed by atoms with Gasteiger partial charge in [-0.1, -0.05) is 57.4 Å². The van der Waals surface area contributed by atoms with E-state index in [-0.39, 0.29) is 28.3 Å². The van der Waals surface area contributed by atoms with Gasteiger partial charge >= 0.3 is 0 Å². The lowest BCUT2D eigenvalue weighted by molar-refractivity contribution is -0.384. The molecule has 3 aromatic carbocycles. The molecular weight excluding hydrogens is 917 g/mol. The van der Waals surface area contributed by atoms with Crippen LogP contribution in [0.1, 0.15) is 138 Å². The van der Waals surface area contributed by atoms with Crippen molar-refractivity contribution in [2.75, 3.05) is 49.5 Å². The molecule has 1 atom stereocenters. The Morgan fingerprint density at radius 3 is 2.44 bits per heavy atom. The number of hydrogen-bond acceptors (Lipinski definition) is 12. The SMILES string of the molecule is CC(C)c1ccccc1C1CN(C2CCCCC2)CCN1C1CC2(CCN(c3ccc(C(=O)NS(=O)(=O)c4ccc(NCC5CCC(C)(O)CC5)c([N+](=O)[O-])c4)c(Oc4cnc5[nH]ccc5c4)c3)CC2)C1. The highest BCUT2D eigenvalue weighted by molar-refractivity contribution is 7.90. The van der Waals surface area contributed by atoms with Crippen molar-refractivity contribution in [1.29, 1.82) is 0 Å². The zero-order chi connectivity index (χ0) is 49.5. The number of piperazine rings is 1. The smallest absolute Gasteiger partial charge is 0.293 e. The number of aliphatic hydroxyl groups is 1. The molecule has 2 aromatic heterocycles. The van der Waals surface area contributed by atoms with Crippen LogP contribution in [-0.4, -0.2) is 101 Å². The maximum Gasteiger partial charge on any atom is 0.293 e. The number of fused-ring (bicyclic) bond motifs is 1. The van der Waals surface area contributed by atoms with Gasteiger partial charge in [0, 0.05) is 86.8 Å². The van der Waals surface area contributed by atoms with Crippen molar-refractivity contribution in [3.05, 3.63) is 112 Å². The van der Waals surface area contributed by atoms with Crippen LogP contribution in [0.5, 0.6) is 11.5 Å². The molecule has 0 bridgehead atoms. The van der Waals surface area contributed by atoms with E-state index in [1.807, 2.05) is 19.1 Å². The van der Waals surface area contributed by atoms with Crippen LogP contribution >= 0.6 is 0 Å². The number of sulfonamides is 1. The first kappa shape index (κ1) is 49.0. The highest BCUT2D eigenvalue weighted by Gasteiger charge is 2.50. The molecule has 1 unspecified atom stereocenters. The molecule has 4 heterocycles. The molecule has 3 aliphatic carbocycles. The number of carbonyl (C=O) groups excluding carboxylic acids is 1. The number of nitrogens with one attached hydrogen (secondary N) is 3. The number of rotatable bonds is 14. The fraction of sp³-hybridized carbons (Fsp3) is 0.527. The van der Waals surface area contributed by atoms with Crippen LogP contribution in [0, 0.1) is 21.4 Å². The van der Waals surface area contributed by atoms with Gasteiger partial charge in [-0.15, -0.1) is 0 Å². The number of nitrogens with zero attached hydrogens (tertiary/aromatic N) is 5. The number of anilines is 2. The van der Waals surface area contributed by atoms with Gasteiger partial charge in [-0.25, -0.2) is 18.1 Å². The number of aromatic amines is 1. The minimum Gasteiger partial charge on any atom is -0.455 e. The van der Waals surface area contributed by atoms with E-state index in [0.717, 1.165) is 75.5 Å². The fourth-order valence-electron chi connectivity index (χ4n) is 12.5. The first-order valence-electron chi connectivity index (χ1n) is 26.0. The Hall–Kier alpha value is -5.55. The standard InChI is InChI=1S/C55H70N8O7S/c1-37(2)45-11-7-8-12-46(45)50-36-61(40-9-5-4-6-10-40)27-28-62(50)42-32-55(33-42)22-25-60(26-23-55)41-13-15-47(51(30-41)70-43-29-39-19-24-56-52(39)58-35-43)53(64)59-71(68,69)44-14-16-48(49(31-44)63(66)67)57-34-38-17-20-54(3,65)21-18-38/h7-8,11-16,19,24,29-31,35,37-38,40,42,50,57,65H,4-6,9-10,17-18,20-23,25-28,32-34,36H2,1-3H3,(H,56,58)(H,59,64). The van der Waals surface area contributed by atoms with Gasteiger partial charge in [0.15, 0.2) is 0 Å². The summed E-state index contributed by atoms with van der Waals surface area (Å²) in [7, 11) is -4.57. The zero-order valence-electron chi connectivity index (χ0n) is 41.4. The van der Waals surface area contributed by atoms with Crippen LogP contribution in [0.25, 0.3) is 11.0 Å². The molecule has 378 valence electrons. The summed E-state index contributed by atoms with van der Waals surface area (Å²) >= 11 is 0. The molecule has 5 fully saturated rings. The number of H-pyrrole nitrogens is 1. The highest BCUT2D eigenvalue weighted by atomic mass is 32.2. The summed E-state index contributed by atoms with van der Waals surface area (Å²) in [5, 5.41) is 26.5. The summed E-state index contributed by atoms with van der Waals surface area (Å²) in [6.07, 6.45) is 17.3. The van der Waals surface area contributed by atoms with Crippen molar-refractivity contribution in [1.82, 2.24) is 24.5 Å². The topological polar surface area (TPSA) is 186 Å². The van der Waals surface area contributed by atoms with Gasteiger partial charge in [-0.05, 0) is 136 Å². The first-order valence-corrected chi connectivity index (χ1v) is 27.5. The summed E-state index contributed by atoms with van der Waals surface area (Å²) in [5.41, 5.74) is 3.82. The average molecular weight is 987 g/mol. The molecular formula is C55H70N8O7S. The molecule has 4 N–H and O–H groups in total. The van der Waals surface area contributed by atoms with E-state index in [2.05, 4.69) is 72.8 Å². The number of benzene rings is 3. The van der Waals surface area contributed by atoms with Gasteiger partial charge in [0.1, 0.15) is 22.8 Å². The minimum absolute atomic E-state index is 0.0155. The molecule has 0 radical (unpaired) electrons. The molecule has 5 aromatic rings. The Labute approximate surface area is 417 Å². The molecule has 2 aliphatic heterocycles. The Balaban J connectivity index is 0.834. The van der Waals surface area contributed by atoms with E-state index in [9.17, 15) is 28.4 Å². The number of nitro groups is 1. The van der Waals surface area contributed by atoms with Gasteiger partial charge in [0.25, 0.3) is 21.6 Å². The fourth-order valence-corrected chi connectivity index (χ4v) is 13.5. The number of pyridine rings is 1. The lowest BCUT2D eigenvalue weighted by Gasteiger charge is -2.59. The van der Waals surface area contributed by atoms with Crippen molar-refractivity contribution in [3.8, 4) is 11.5 Å². The molecule has 2 saturated heterocycles. The Bertz CT molecular complexity index is 2840. The molecule has 15 nitrogen and oxygen atoms in total. The van der Waals surface area contributed by atoms with Crippen LogP contribution in [0.3, 0.4) is 0 Å². The number of nitro benzene ring substituents is 1. The molecule has 10 rings (SSSR count). The van der Waals surface area contributed by atoms with Crippen LogP contribution in [0.15, 0.2) is 90.1 Å². The molecule has 16 heteroatoms. The van der Waals surface area contributed by atoms with E-state index in [4.69, 9.17) is 4.74 Å². The summed E-state index contributed by atoms with van der Waals surface area (Å²) in [5.74, 6) is 0.263. The normalized spacial score (nSPS) is 23.7. The van der Waals surface area contributed by atoms with Crippen molar-refractivity contribution >= 4 is 44.0 Å². The van der Waals surface area contributed by atoms with E-state index in [1.165, 1.54) is 68.2 Å². The number of ether oxygens (including phenoxy) is 1.